The molecule has 1 aromatic rings. The molecule has 0 unspecified atom stereocenters. The number of allylic oxidation sites excluding steroid dienone is 7. The summed E-state index contributed by atoms with van der Waals surface area (Å²) < 4.78 is 0. The highest BCUT2D eigenvalue weighted by Gasteiger charge is 2.66. The average Bonchev–Trinajstić information content (AvgIpc) is 2.83. The number of carbonyl (C=O) groups excluding carboxylic acids is 2. The predicted molar refractivity (Wildman–Crippen MR) is 161 cm³/mol. The Kier molecular flexibility index (Phi) is 6.83. The van der Waals surface area contributed by atoms with Crippen molar-refractivity contribution in [2.45, 2.75) is 94.4 Å². The summed E-state index contributed by atoms with van der Waals surface area (Å²) in [4.78, 5) is 26.9. The Labute approximate surface area is 230 Å². The Morgan fingerprint density at radius 3 is 2.34 bits per heavy atom. The zero-order valence-electron chi connectivity index (χ0n) is 25.3. The van der Waals surface area contributed by atoms with Crippen LogP contribution in [-0.2, 0) is 9.59 Å². The van der Waals surface area contributed by atoms with Crippen LogP contribution in [0.4, 0.5) is 0 Å². The zero-order valence-corrected chi connectivity index (χ0v) is 25.3. The lowest BCUT2D eigenvalue weighted by Gasteiger charge is -2.65. The highest BCUT2D eigenvalue weighted by atomic mass is 16.1. The molecule has 3 aliphatic carbocycles. The van der Waals surface area contributed by atoms with Gasteiger partial charge in [-0.05, 0) is 98.1 Å². The second-order valence-corrected chi connectivity index (χ2v) is 13.0. The number of fused-ring (bicyclic) bond motifs is 3. The minimum absolute atomic E-state index is 0.00996. The van der Waals surface area contributed by atoms with E-state index in [9.17, 15) is 9.59 Å². The first-order valence-electron chi connectivity index (χ1n) is 14.3. The molecular formula is C36H46O2. The summed E-state index contributed by atoms with van der Waals surface area (Å²) in [6.07, 6.45) is 7.15. The molecule has 5 atom stereocenters. The maximum absolute atomic E-state index is 14.3. The molecule has 0 heterocycles. The Balaban J connectivity index is 1.99. The number of hydrogen-bond acceptors (Lipinski definition) is 2. The number of carbonyl (C=O) groups is 2. The number of rotatable bonds is 5. The third kappa shape index (κ3) is 3.44. The highest BCUT2D eigenvalue weighted by Crippen LogP contribution is 2.72. The molecule has 1 aromatic carbocycles. The molecule has 4 rings (SSSR count). The number of ketones is 2. The topological polar surface area (TPSA) is 34.1 Å². The lowest BCUT2D eigenvalue weighted by Crippen LogP contribution is -2.61. The molecule has 0 amide bonds. The number of benzene rings is 1. The molecule has 38 heavy (non-hydrogen) atoms. The molecule has 0 saturated carbocycles. The van der Waals surface area contributed by atoms with Gasteiger partial charge in [-0.25, -0.2) is 0 Å². The second-order valence-electron chi connectivity index (χ2n) is 13.0. The van der Waals surface area contributed by atoms with Crippen molar-refractivity contribution < 1.29 is 9.59 Å². The number of Topliss-reactive ketones (excluding diaryl/α,β-unsaturated/α-hetero) is 2. The van der Waals surface area contributed by atoms with E-state index in [2.05, 4.69) is 86.3 Å². The van der Waals surface area contributed by atoms with Gasteiger partial charge in [-0.15, -0.1) is 0 Å². The standard InChI is InChI=1S/C36H46O2/c1-13-14-20(2)15-16-28-17-18-29-24(6)35(11)27(9)34(10)19-21(3)30(26(8)37)33(38)36(34,12)25(7)32(35)23(5)31(29)22(28)4/h15-18,24,27H,2,5,13-14,19H2,1,3-4,6-12H3/b16-15+/t24-,27+,34+,35-,36+/m1/s1. The summed E-state index contributed by atoms with van der Waals surface area (Å²) >= 11 is 0. The molecule has 3 aliphatic rings. The molecule has 0 N–H and O–H groups in total. The Morgan fingerprint density at radius 2 is 1.76 bits per heavy atom. The van der Waals surface area contributed by atoms with E-state index in [0.29, 0.717) is 5.57 Å². The van der Waals surface area contributed by atoms with E-state index in [1.807, 2.05) is 6.92 Å². The van der Waals surface area contributed by atoms with Crippen LogP contribution in [0.2, 0.25) is 0 Å². The third-order valence-electron chi connectivity index (χ3n) is 11.3. The van der Waals surface area contributed by atoms with Crippen LogP contribution in [0.15, 0.2) is 59.2 Å². The molecule has 0 radical (unpaired) electrons. The molecule has 0 aromatic heterocycles. The van der Waals surface area contributed by atoms with Crippen LogP contribution in [-0.4, -0.2) is 11.6 Å². The van der Waals surface area contributed by atoms with E-state index in [4.69, 9.17) is 6.58 Å². The van der Waals surface area contributed by atoms with Gasteiger partial charge in [0.05, 0.1) is 11.0 Å². The summed E-state index contributed by atoms with van der Waals surface area (Å²) in [5.74, 6) is 0.324. The summed E-state index contributed by atoms with van der Waals surface area (Å²) in [5.41, 5.74) is 9.55. The molecule has 2 nitrogen and oxygen atoms in total. The normalized spacial score (nSPS) is 32.9. The van der Waals surface area contributed by atoms with Crippen molar-refractivity contribution in [1.82, 2.24) is 0 Å². The van der Waals surface area contributed by atoms with Crippen LogP contribution in [0.1, 0.15) is 110 Å². The van der Waals surface area contributed by atoms with Gasteiger partial charge in [0.2, 0.25) is 0 Å². The van der Waals surface area contributed by atoms with Gasteiger partial charge in [-0.1, -0.05) is 95.2 Å². The van der Waals surface area contributed by atoms with E-state index >= 15 is 0 Å². The quantitative estimate of drug-likeness (QED) is 0.292. The first-order valence-corrected chi connectivity index (χ1v) is 14.3. The van der Waals surface area contributed by atoms with E-state index in [1.54, 1.807) is 0 Å². The maximum Gasteiger partial charge on any atom is 0.176 e. The van der Waals surface area contributed by atoms with Crippen LogP contribution in [0.3, 0.4) is 0 Å². The lowest BCUT2D eigenvalue weighted by atomic mass is 9.37. The second kappa shape index (κ2) is 9.18. The van der Waals surface area contributed by atoms with Crippen molar-refractivity contribution >= 4 is 23.2 Å². The average molecular weight is 511 g/mol. The first-order chi connectivity index (χ1) is 17.6. The van der Waals surface area contributed by atoms with Crippen molar-refractivity contribution in [3.05, 3.63) is 81.5 Å². The smallest absolute Gasteiger partial charge is 0.176 e. The predicted octanol–water partition coefficient (Wildman–Crippen LogP) is 9.36. The van der Waals surface area contributed by atoms with E-state index < -0.39 is 5.41 Å². The van der Waals surface area contributed by atoms with Gasteiger partial charge in [0, 0.05) is 5.41 Å². The molecule has 0 bridgehead atoms. The molecule has 0 spiro atoms. The van der Waals surface area contributed by atoms with Crippen LogP contribution < -0.4 is 0 Å². The van der Waals surface area contributed by atoms with Gasteiger partial charge in [0.25, 0.3) is 0 Å². The fourth-order valence-electron chi connectivity index (χ4n) is 8.59. The molecule has 0 aliphatic heterocycles. The molecule has 0 saturated heterocycles. The SMILES string of the molecule is C=C(/C=C/c1ccc2c(c1C)C(=C)C1=C(C)[C@@]3(C)C(=O)C(C(C)=O)=C(C)C[C@@]3(C)[C@H](C)[C@@]1(C)[C@@H]2C)CCC. The third-order valence-corrected chi connectivity index (χ3v) is 11.3. The monoisotopic (exact) mass is 510 g/mol. The van der Waals surface area contributed by atoms with Crippen LogP contribution in [0.5, 0.6) is 0 Å². The zero-order chi connectivity index (χ0) is 28.5. The largest absolute Gasteiger partial charge is 0.294 e. The maximum atomic E-state index is 14.3. The summed E-state index contributed by atoms with van der Waals surface area (Å²) in [6, 6.07) is 4.54. The Hall–Kier alpha value is -2.74. The summed E-state index contributed by atoms with van der Waals surface area (Å²) in [5, 5.41) is 0. The van der Waals surface area contributed by atoms with Gasteiger partial charge >= 0.3 is 0 Å². The summed E-state index contributed by atoms with van der Waals surface area (Å²) in [7, 11) is 0. The minimum atomic E-state index is -0.759. The molecule has 0 fully saturated rings. The summed E-state index contributed by atoms with van der Waals surface area (Å²) in [6.45, 7) is 30.4. The highest BCUT2D eigenvalue weighted by molar-refractivity contribution is 6.23. The number of hydrogen-bond donors (Lipinski definition) is 0. The first kappa shape index (κ1) is 28.3. The van der Waals surface area contributed by atoms with E-state index in [0.717, 1.165) is 41.6 Å². The minimum Gasteiger partial charge on any atom is -0.294 e. The van der Waals surface area contributed by atoms with Crippen LogP contribution in [0.25, 0.3) is 11.6 Å². The molecule has 2 heteroatoms. The molecular weight excluding hydrogens is 464 g/mol. The van der Waals surface area contributed by atoms with Crippen LogP contribution >= 0.6 is 0 Å². The fraction of sp³-hybridized carbons (Fsp3) is 0.500. The van der Waals surface area contributed by atoms with Gasteiger partial charge in [-0.2, -0.15) is 0 Å². The van der Waals surface area contributed by atoms with Crippen molar-refractivity contribution in [2.24, 2.45) is 22.2 Å². The van der Waals surface area contributed by atoms with Crippen molar-refractivity contribution in [3.8, 4) is 0 Å². The van der Waals surface area contributed by atoms with Gasteiger partial charge in [0.15, 0.2) is 11.6 Å². The molecule has 202 valence electrons. The van der Waals surface area contributed by atoms with E-state index in [-0.39, 0.29) is 34.2 Å². The van der Waals surface area contributed by atoms with Crippen molar-refractivity contribution in [1.29, 1.82) is 0 Å². The van der Waals surface area contributed by atoms with Gasteiger partial charge in [-0.3, -0.25) is 9.59 Å². The Bertz CT molecular complexity index is 1380. The lowest BCUT2D eigenvalue weighted by molar-refractivity contribution is -0.139. The Morgan fingerprint density at radius 1 is 1.13 bits per heavy atom. The van der Waals surface area contributed by atoms with Crippen molar-refractivity contribution in [3.63, 3.8) is 0 Å². The van der Waals surface area contributed by atoms with E-state index in [1.165, 1.54) is 34.8 Å². The van der Waals surface area contributed by atoms with Crippen molar-refractivity contribution in [2.75, 3.05) is 0 Å². The van der Waals surface area contributed by atoms with Gasteiger partial charge in [0.1, 0.15) is 0 Å². The fourth-order valence-corrected chi connectivity index (χ4v) is 8.59. The van der Waals surface area contributed by atoms with Gasteiger partial charge < -0.3 is 0 Å². The van der Waals surface area contributed by atoms with Crippen LogP contribution in [0, 0.1) is 29.1 Å².